The molecule has 0 aliphatic carbocycles. The zero-order valence-corrected chi connectivity index (χ0v) is 17.3. The molecule has 26 heavy (non-hydrogen) atoms. The van der Waals surface area contributed by atoms with E-state index in [9.17, 15) is 9.59 Å². The minimum absolute atomic E-state index is 0. The first-order valence-corrected chi connectivity index (χ1v) is 10.1. The number of unbranched alkanes of at least 4 members (excludes halogenated alkanes) is 11. The van der Waals surface area contributed by atoms with Crippen LogP contribution >= 0.6 is 0 Å². The minimum atomic E-state index is -1.10. The van der Waals surface area contributed by atoms with Gasteiger partial charge in [-0.15, -0.1) is 0 Å². The lowest BCUT2D eigenvalue weighted by Gasteiger charge is -2.08. The zero-order chi connectivity index (χ0) is 18.8. The van der Waals surface area contributed by atoms with Gasteiger partial charge in [0, 0.05) is 6.42 Å². The van der Waals surface area contributed by atoms with E-state index in [1.54, 1.807) is 0 Å². The van der Waals surface area contributed by atoms with Gasteiger partial charge in [-0.2, -0.15) is 0 Å². The molecule has 0 saturated carbocycles. The van der Waals surface area contributed by atoms with Gasteiger partial charge in [0.2, 0.25) is 0 Å². The third-order valence-corrected chi connectivity index (χ3v) is 4.30. The highest BCUT2D eigenvalue weighted by Gasteiger charge is 2.15. The van der Waals surface area contributed by atoms with Crippen molar-refractivity contribution in [3.63, 3.8) is 0 Å². The van der Waals surface area contributed by atoms with E-state index in [0.717, 1.165) is 25.7 Å². The lowest BCUT2D eigenvalue weighted by Crippen LogP contribution is -2.23. The third kappa shape index (κ3) is 19.0. The number of ether oxygens (including phenoxy) is 1. The second kappa shape index (κ2) is 20.0. The highest BCUT2D eigenvalue weighted by molar-refractivity contribution is 5.77. The number of rotatable bonds is 17. The van der Waals surface area contributed by atoms with Gasteiger partial charge in [-0.1, -0.05) is 70.4 Å². The summed E-state index contributed by atoms with van der Waals surface area (Å²) in [5.74, 6) is -1.51. The molecule has 0 heterocycles. The summed E-state index contributed by atoms with van der Waals surface area (Å²) in [4.78, 5) is 22.0. The Kier molecular flexibility index (Phi) is 20.6. The van der Waals surface area contributed by atoms with E-state index in [1.165, 1.54) is 64.7 Å². The van der Waals surface area contributed by atoms with Crippen molar-refractivity contribution in [3.8, 4) is 0 Å². The Hall–Kier alpha value is -1.36. The van der Waals surface area contributed by atoms with Crippen molar-refractivity contribution in [2.75, 3.05) is 0 Å². The molecule has 1 atom stereocenters. The van der Waals surface area contributed by atoms with Gasteiger partial charge in [-0.05, 0) is 39.0 Å². The van der Waals surface area contributed by atoms with Crippen molar-refractivity contribution >= 4 is 11.9 Å². The van der Waals surface area contributed by atoms with Crippen LogP contribution in [-0.4, -0.2) is 23.1 Å². The highest BCUT2D eigenvalue weighted by atomic mass is 16.6. The fraction of sp³-hybridized carbons (Fsp3) is 0.810. The maximum atomic E-state index is 11.4. The molecule has 0 aliphatic rings. The second-order valence-electron chi connectivity index (χ2n) is 6.80. The molecule has 1 unspecified atom stereocenters. The second-order valence-corrected chi connectivity index (χ2v) is 6.80. The molecule has 0 rings (SSSR count). The number of allylic oxidation sites excluding steroid dienone is 2. The molecule has 5 nitrogen and oxygen atoms in total. The molecule has 0 aromatic heterocycles. The molecule has 0 aromatic rings. The van der Waals surface area contributed by atoms with Gasteiger partial charge < -0.3 is 16.0 Å². The van der Waals surface area contributed by atoms with Crippen LogP contribution in [0, 0.1) is 0 Å². The van der Waals surface area contributed by atoms with E-state index in [2.05, 4.69) is 19.1 Å². The van der Waals surface area contributed by atoms with Gasteiger partial charge in [-0.3, -0.25) is 4.79 Å². The van der Waals surface area contributed by atoms with E-state index in [0.29, 0.717) is 6.42 Å². The Balaban J connectivity index is 0. The molecule has 0 amide bonds. The monoisotopic (exact) mass is 372 g/mol. The molecular weight excluding hydrogens is 330 g/mol. The van der Waals surface area contributed by atoms with Crippen LogP contribution in [0.3, 0.4) is 0 Å². The van der Waals surface area contributed by atoms with Crippen molar-refractivity contribution in [2.24, 2.45) is 0 Å². The van der Waals surface area contributed by atoms with Gasteiger partial charge in [0.25, 0.3) is 0 Å². The molecule has 0 spiro atoms. The predicted octanol–water partition coefficient (Wildman–Crippen LogP) is 6.42. The first-order valence-electron chi connectivity index (χ1n) is 10.1. The van der Waals surface area contributed by atoms with Crippen molar-refractivity contribution in [3.05, 3.63) is 12.2 Å². The fourth-order valence-corrected chi connectivity index (χ4v) is 2.65. The number of esters is 1. The largest absolute Gasteiger partial charge is 0.479 e. The molecule has 0 aromatic carbocycles. The third-order valence-electron chi connectivity index (χ3n) is 4.30. The number of carbonyl (C=O) groups excluding carboxylic acids is 1. The molecule has 154 valence electrons. The maximum Gasteiger partial charge on any atom is 0.344 e. The van der Waals surface area contributed by atoms with Gasteiger partial charge in [0.1, 0.15) is 0 Å². The highest BCUT2D eigenvalue weighted by Crippen LogP contribution is 2.10. The number of carbonyl (C=O) groups is 2. The van der Waals surface area contributed by atoms with Crippen molar-refractivity contribution in [2.45, 2.75) is 110 Å². The Bertz CT molecular complexity index is 369. The average Bonchev–Trinajstić information content (AvgIpc) is 2.58. The van der Waals surface area contributed by atoms with Crippen LogP contribution in [0.25, 0.3) is 0 Å². The van der Waals surface area contributed by atoms with Crippen LogP contribution in [0.2, 0.25) is 0 Å². The SMILES string of the molecule is CCCCCCCC/C=C\CCCCCCCC(=O)OC(C)C(=O)O.[NH4+]. The average molecular weight is 373 g/mol. The summed E-state index contributed by atoms with van der Waals surface area (Å²) < 4.78 is 4.78. The molecule has 5 N–H and O–H groups in total. The summed E-state index contributed by atoms with van der Waals surface area (Å²) in [5, 5.41) is 8.65. The van der Waals surface area contributed by atoms with E-state index in [1.807, 2.05) is 0 Å². The normalized spacial score (nSPS) is 11.9. The van der Waals surface area contributed by atoms with Gasteiger partial charge >= 0.3 is 11.9 Å². The maximum absolute atomic E-state index is 11.4. The van der Waals surface area contributed by atoms with E-state index < -0.39 is 18.0 Å². The number of hydrogen-bond donors (Lipinski definition) is 2. The summed E-state index contributed by atoms with van der Waals surface area (Å²) >= 11 is 0. The van der Waals surface area contributed by atoms with Gasteiger partial charge in [-0.25, -0.2) is 4.79 Å². The first kappa shape index (κ1) is 26.9. The fourth-order valence-electron chi connectivity index (χ4n) is 2.65. The van der Waals surface area contributed by atoms with Crippen LogP contribution in [0.5, 0.6) is 0 Å². The summed E-state index contributed by atoms with van der Waals surface area (Å²) in [6.45, 7) is 3.62. The Morgan fingerprint density at radius 1 is 0.846 bits per heavy atom. The molecule has 0 fully saturated rings. The standard InChI is InChI=1S/C21H38O4.H3N/c1-3-4-5-6-7-8-9-10-11-12-13-14-15-16-17-18-20(22)25-19(2)21(23)24;/h10-11,19H,3-9,12-18H2,1-2H3,(H,23,24);1H3/p+1/b11-10-;. The lowest BCUT2D eigenvalue weighted by atomic mass is 10.1. The lowest BCUT2D eigenvalue weighted by molar-refractivity contribution is -0.162. The van der Waals surface area contributed by atoms with Crippen molar-refractivity contribution in [1.29, 1.82) is 0 Å². The Morgan fingerprint density at radius 2 is 1.31 bits per heavy atom. The number of aliphatic carboxylic acids is 1. The Labute approximate surface area is 160 Å². The van der Waals surface area contributed by atoms with E-state index in [-0.39, 0.29) is 6.15 Å². The number of hydrogen-bond acceptors (Lipinski definition) is 3. The number of carboxylic acids is 1. The molecule has 5 heteroatoms. The summed E-state index contributed by atoms with van der Waals surface area (Å²) in [7, 11) is 0. The van der Waals surface area contributed by atoms with Gasteiger partial charge in [0.05, 0.1) is 0 Å². The minimum Gasteiger partial charge on any atom is -0.479 e. The van der Waals surface area contributed by atoms with Crippen molar-refractivity contribution < 1.29 is 19.4 Å². The van der Waals surface area contributed by atoms with E-state index in [4.69, 9.17) is 9.84 Å². The molecule has 0 aliphatic heterocycles. The summed E-state index contributed by atoms with van der Waals surface area (Å²) in [6, 6.07) is 0. The van der Waals surface area contributed by atoms with Crippen LogP contribution in [-0.2, 0) is 14.3 Å². The molecule has 0 bridgehead atoms. The number of carboxylic acid groups (broad SMARTS) is 1. The summed E-state index contributed by atoms with van der Waals surface area (Å²) in [6.07, 6.45) is 19.7. The van der Waals surface area contributed by atoms with Gasteiger partial charge in [0.15, 0.2) is 6.10 Å². The predicted molar refractivity (Wildman–Crippen MR) is 109 cm³/mol. The number of quaternary nitrogens is 1. The smallest absolute Gasteiger partial charge is 0.344 e. The van der Waals surface area contributed by atoms with Crippen LogP contribution in [0.15, 0.2) is 12.2 Å². The molecule has 0 saturated heterocycles. The summed E-state index contributed by atoms with van der Waals surface area (Å²) in [5.41, 5.74) is 0. The quantitative estimate of drug-likeness (QED) is 0.175. The first-order chi connectivity index (χ1) is 12.1. The van der Waals surface area contributed by atoms with Crippen LogP contribution in [0.1, 0.15) is 104 Å². The van der Waals surface area contributed by atoms with Crippen molar-refractivity contribution in [1.82, 2.24) is 6.15 Å². The molecular formula is C21H42NO4+. The topological polar surface area (TPSA) is 100 Å². The van der Waals surface area contributed by atoms with Crippen LogP contribution < -0.4 is 6.15 Å². The Morgan fingerprint density at radius 3 is 1.81 bits per heavy atom. The van der Waals surface area contributed by atoms with E-state index >= 15 is 0 Å². The van der Waals surface area contributed by atoms with Crippen LogP contribution in [0.4, 0.5) is 0 Å². The zero-order valence-electron chi connectivity index (χ0n) is 17.3. The molecule has 0 radical (unpaired) electrons.